The van der Waals surface area contributed by atoms with E-state index in [-0.39, 0.29) is 13.0 Å². The molecule has 2 aromatic rings. The molecule has 5 rings (SSSR count). The number of benzene rings is 2. The van der Waals surface area contributed by atoms with E-state index in [1.54, 1.807) is 18.2 Å². The number of carbonyl (C=O) groups excluding carboxylic acids is 4. The van der Waals surface area contributed by atoms with Gasteiger partial charge in [0.2, 0.25) is 23.6 Å². The van der Waals surface area contributed by atoms with Crippen LogP contribution >= 0.6 is 11.6 Å². The minimum absolute atomic E-state index is 0.169. The average Bonchev–Trinajstić information content (AvgIpc) is 3.32. The lowest BCUT2D eigenvalue weighted by atomic mass is 9.76. The Kier molecular flexibility index (Phi) is 4.79. The van der Waals surface area contributed by atoms with Crippen molar-refractivity contribution in [3.8, 4) is 0 Å². The van der Waals surface area contributed by atoms with Crippen molar-refractivity contribution in [3.63, 3.8) is 0 Å². The van der Waals surface area contributed by atoms with Gasteiger partial charge in [0.1, 0.15) is 5.54 Å². The van der Waals surface area contributed by atoms with Gasteiger partial charge in [-0.1, -0.05) is 41.9 Å². The van der Waals surface area contributed by atoms with Crippen LogP contribution < -0.4 is 16.4 Å². The minimum Gasteiger partial charge on any atom is -0.370 e. The summed E-state index contributed by atoms with van der Waals surface area (Å²) < 4.78 is 0. The van der Waals surface area contributed by atoms with Gasteiger partial charge in [-0.3, -0.25) is 29.4 Å². The van der Waals surface area contributed by atoms with E-state index in [4.69, 9.17) is 17.3 Å². The fraction of sp³-hybridized carbons (Fsp3) is 0.304. The molecule has 2 aromatic carbocycles. The zero-order valence-corrected chi connectivity index (χ0v) is 17.8. The minimum atomic E-state index is -1.49. The van der Waals surface area contributed by atoms with Crippen LogP contribution in [0.2, 0.25) is 5.02 Å². The molecule has 2 fully saturated rings. The summed E-state index contributed by atoms with van der Waals surface area (Å²) in [5.74, 6) is -3.75. The first-order valence-corrected chi connectivity index (χ1v) is 10.8. The summed E-state index contributed by atoms with van der Waals surface area (Å²) in [5.41, 5.74) is 5.96. The van der Waals surface area contributed by atoms with Crippen molar-refractivity contribution in [1.29, 1.82) is 0 Å². The molecule has 4 N–H and O–H groups in total. The van der Waals surface area contributed by atoms with Crippen LogP contribution in [0.1, 0.15) is 17.5 Å². The molecule has 9 heteroatoms. The number of rotatable bonds is 5. The third-order valence-corrected chi connectivity index (χ3v) is 6.89. The quantitative estimate of drug-likeness (QED) is 0.588. The van der Waals surface area contributed by atoms with Gasteiger partial charge in [-0.25, -0.2) is 0 Å². The lowest BCUT2D eigenvalue weighted by Crippen LogP contribution is -2.53. The number of halogens is 1. The highest BCUT2D eigenvalue weighted by Crippen LogP contribution is 2.53. The molecule has 0 radical (unpaired) electrons. The first-order chi connectivity index (χ1) is 15.3. The van der Waals surface area contributed by atoms with Gasteiger partial charge in [-0.2, -0.15) is 0 Å². The van der Waals surface area contributed by atoms with Gasteiger partial charge in [0.15, 0.2) is 0 Å². The molecular formula is C23H21ClN4O4. The van der Waals surface area contributed by atoms with Gasteiger partial charge in [-0.05, 0) is 30.2 Å². The number of nitrogens with two attached hydrogens (primary N) is 1. The van der Waals surface area contributed by atoms with E-state index in [0.717, 1.165) is 5.56 Å². The number of amides is 4. The Labute approximate surface area is 189 Å². The fourth-order valence-electron chi connectivity index (χ4n) is 5.33. The Morgan fingerprint density at radius 3 is 2.56 bits per heavy atom. The summed E-state index contributed by atoms with van der Waals surface area (Å²) in [4.78, 5) is 53.2. The topological polar surface area (TPSA) is 122 Å². The molecule has 0 aromatic heterocycles. The van der Waals surface area contributed by atoms with Gasteiger partial charge >= 0.3 is 0 Å². The molecule has 8 nitrogen and oxygen atoms in total. The summed E-state index contributed by atoms with van der Waals surface area (Å²) in [6.07, 6.45) is 0.324. The van der Waals surface area contributed by atoms with Crippen LogP contribution in [-0.2, 0) is 31.1 Å². The molecule has 4 amide bonds. The summed E-state index contributed by atoms with van der Waals surface area (Å²) in [6, 6.07) is 13.7. The molecule has 0 bridgehead atoms. The second-order valence-electron chi connectivity index (χ2n) is 8.44. The van der Waals surface area contributed by atoms with Crippen LogP contribution in [-0.4, -0.2) is 41.1 Å². The highest BCUT2D eigenvalue weighted by atomic mass is 35.5. The number of likely N-dealkylation sites (tertiary alicyclic amines) is 1. The molecule has 3 heterocycles. The SMILES string of the molecule is NC(=O)C[C@H]1N[C@]2(C(=O)Nc3ccc(Cl)cc32)[C@@H]2C(=O)N(CCc3ccccc3)C(=O)[C@@H]21. The molecule has 0 saturated carbocycles. The Bertz CT molecular complexity index is 1150. The number of anilines is 1. The van der Waals surface area contributed by atoms with E-state index in [9.17, 15) is 19.2 Å². The first-order valence-electron chi connectivity index (χ1n) is 10.4. The van der Waals surface area contributed by atoms with Gasteiger partial charge < -0.3 is 11.1 Å². The Morgan fingerprint density at radius 2 is 1.84 bits per heavy atom. The second-order valence-corrected chi connectivity index (χ2v) is 8.88. The predicted molar refractivity (Wildman–Crippen MR) is 116 cm³/mol. The molecule has 3 aliphatic heterocycles. The highest BCUT2D eigenvalue weighted by molar-refractivity contribution is 6.31. The van der Waals surface area contributed by atoms with E-state index in [1.807, 2.05) is 30.3 Å². The number of imide groups is 1. The number of fused-ring (bicyclic) bond motifs is 4. The Balaban J connectivity index is 1.55. The molecular weight excluding hydrogens is 432 g/mol. The summed E-state index contributed by atoms with van der Waals surface area (Å²) in [7, 11) is 0. The van der Waals surface area contributed by atoms with Crippen LogP contribution in [0, 0.1) is 11.8 Å². The maximum atomic E-state index is 13.6. The standard InChI is InChI=1S/C23H21ClN4O4/c24-13-6-7-15-14(10-13)23(22(32)26-15)19-18(16(27-23)11-17(25)29)20(30)28(21(19)31)9-8-12-4-2-1-3-5-12/h1-7,10,16,18-19,27H,8-9,11H2,(H2,25,29)(H,26,32)/t16-,18-,19+,23+/m1/s1. The van der Waals surface area contributed by atoms with E-state index >= 15 is 0 Å². The number of hydrogen-bond acceptors (Lipinski definition) is 5. The summed E-state index contributed by atoms with van der Waals surface area (Å²) >= 11 is 6.20. The van der Waals surface area contributed by atoms with Crippen LogP contribution in [0.5, 0.6) is 0 Å². The molecule has 1 spiro atoms. The van der Waals surface area contributed by atoms with Crippen LogP contribution in [0.3, 0.4) is 0 Å². The highest BCUT2D eigenvalue weighted by Gasteiger charge is 2.70. The van der Waals surface area contributed by atoms with Gasteiger partial charge in [-0.15, -0.1) is 0 Å². The van der Waals surface area contributed by atoms with E-state index in [1.165, 1.54) is 4.90 Å². The van der Waals surface area contributed by atoms with E-state index < -0.39 is 47.0 Å². The zero-order chi connectivity index (χ0) is 22.6. The molecule has 0 unspecified atom stereocenters. The number of hydrogen-bond donors (Lipinski definition) is 3. The van der Waals surface area contributed by atoms with Crippen molar-refractivity contribution in [3.05, 3.63) is 64.7 Å². The van der Waals surface area contributed by atoms with E-state index in [2.05, 4.69) is 10.6 Å². The molecule has 32 heavy (non-hydrogen) atoms. The van der Waals surface area contributed by atoms with Crippen molar-refractivity contribution in [1.82, 2.24) is 10.2 Å². The van der Waals surface area contributed by atoms with E-state index in [0.29, 0.717) is 22.7 Å². The lowest BCUT2D eigenvalue weighted by Gasteiger charge is -2.29. The van der Waals surface area contributed by atoms with Crippen LogP contribution in [0.4, 0.5) is 5.69 Å². The third kappa shape index (κ3) is 2.94. The second kappa shape index (κ2) is 7.43. The molecule has 164 valence electrons. The van der Waals surface area contributed by atoms with Crippen molar-refractivity contribution >= 4 is 40.9 Å². The van der Waals surface area contributed by atoms with Gasteiger partial charge in [0.05, 0.1) is 11.8 Å². The number of carbonyl (C=O) groups is 4. The summed E-state index contributed by atoms with van der Waals surface area (Å²) in [5, 5.41) is 6.34. The lowest BCUT2D eigenvalue weighted by molar-refractivity contribution is -0.142. The smallest absolute Gasteiger partial charge is 0.250 e. The predicted octanol–water partition coefficient (Wildman–Crippen LogP) is 1.18. The summed E-state index contributed by atoms with van der Waals surface area (Å²) in [6.45, 7) is 0.193. The fourth-order valence-corrected chi connectivity index (χ4v) is 5.50. The maximum Gasteiger partial charge on any atom is 0.250 e. The number of primary amides is 1. The van der Waals surface area contributed by atoms with Crippen molar-refractivity contribution < 1.29 is 19.2 Å². The average molecular weight is 453 g/mol. The largest absolute Gasteiger partial charge is 0.370 e. The number of nitrogens with one attached hydrogen (secondary N) is 2. The molecule has 4 atom stereocenters. The molecule has 3 aliphatic rings. The maximum absolute atomic E-state index is 13.6. The van der Waals surface area contributed by atoms with Crippen LogP contribution in [0.25, 0.3) is 0 Å². The monoisotopic (exact) mass is 452 g/mol. The molecule has 2 saturated heterocycles. The first kappa shape index (κ1) is 20.7. The van der Waals surface area contributed by atoms with Crippen molar-refractivity contribution in [2.75, 3.05) is 11.9 Å². The zero-order valence-electron chi connectivity index (χ0n) is 17.0. The normalized spacial score (nSPS) is 28.2. The van der Waals surface area contributed by atoms with Gasteiger partial charge in [0.25, 0.3) is 0 Å². The third-order valence-electron chi connectivity index (χ3n) is 6.66. The Hall–Kier alpha value is -3.23. The molecule has 0 aliphatic carbocycles. The van der Waals surface area contributed by atoms with Gasteiger partial charge in [0, 0.05) is 35.3 Å². The Morgan fingerprint density at radius 1 is 1.09 bits per heavy atom. The van der Waals surface area contributed by atoms with Crippen molar-refractivity contribution in [2.24, 2.45) is 17.6 Å². The van der Waals surface area contributed by atoms with Crippen molar-refractivity contribution in [2.45, 2.75) is 24.4 Å². The van der Waals surface area contributed by atoms with Crippen LogP contribution in [0.15, 0.2) is 48.5 Å². The number of nitrogens with zero attached hydrogens (tertiary/aromatic N) is 1.